The van der Waals surface area contributed by atoms with E-state index in [4.69, 9.17) is 0 Å². The predicted octanol–water partition coefficient (Wildman–Crippen LogP) is 1.19. The maximum absolute atomic E-state index is 4.46. The first-order valence-electron chi connectivity index (χ1n) is 7.41. The van der Waals surface area contributed by atoms with Crippen LogP contribution in [0.15, 0.2) is 24.4 Å². The Morgan fingerprint density at radius 3 is 2.73 bits per heavy atom. The molecule has 2 aromatic heterocycles. The van der Waals surface area contributed by atoms with Gasteiger partial charge in [0.05, 0.1) is 5.69 Å². The first-order chi connectivity index (χ1) is 10.6. The summed E-state index contributed by atoms with van der Waals surface area (Å²) in [7, 11) is 3.94. The second-order valence-corrected chi connectivity index (χ2v) is 5.82. The third-order valence-electron chi connectivity index (χ3n) is 3.71. The monoisotopic (exact) mass is 299 g/mol. The summed E-state index contributed by atoms with van der Waals surface area (Å²) in [6.45, 7) is 4.78. The Kier molecular flexibility index (Phi) is 4.04. The first-order valence-corrected chi connectivity index (χ1v) is 7.41. The van der Waals surface area contributed by atoms with E-state index < -0.39 is 0 Å². The van der Waals surface area contributed by atoms with E-state index in [1.807, 2.05) is 44.1 Å². The number of rotatable bonds is 5. The molecule has 0 amide bonds. The van der Waals surface area contributed by atoms with E-state index in [9.17, 15) is 0 Å². The maximum Gasteiger partial charge on any atom is 0.224 e. The molecule has 0 aliphatic carbocycles. The van der Waals surface area contributed by atoms with Crippen LogP contribution in [-0.4, -0.2) is 53.9 Å². The van der Waals surface area contributed by atoms with Gasteiger partial charge in [0, 0.05) is 45.8 Å². The van der Waals surface area contributed by atoms with Gasteiger partial charge in [-0.15, -0.1) is 5.10 Å². The molecule has 0 spiro atoms. The summed E-state index contributed by atoms with van der Waals surface area (Å²) < 4.78 is 0. The van der Waals surface area contributed by atoms with Crippen LogP contribution in [0, 0.1) is 12.8 Å². The molecule has 0 aromatic carbocycles. The molecule has 22 heavy (non-hydrogen) atoms. The smallest absolute Gasteiger partial charge is 0.224 e. The van der Waals surface area contributed by atoms with Crippen molar-refractivity contribution in [1.29, 1.82) is 0 Å². The molecule has 116 valence electrons. The largest absolute Gasteiger partial charge is 0.363 e. The average Bonchev–Trinajstić information content (AvgIpc) is 2.47. The Hall–Kier alpha value is -2.44. The van der Waals surface area contributed by atoms with Gasteiger partial charge in [0.1, 0.15) is 5.82 Å². The van der Waals surface area contributed by atoms with E-state index in [-0.39, 0.29) is 0 Å². The molecule has 0 saturated carbocycles. The van der Waals surface area contributed by atoms with E-state index in [1.165, 1.54) is 0 Å². The normalized spacial score (nSPS) is 14.6. The van der Waals surface area contributed by atoms with Gasteiger partial charge in [-0.2, -0.15) is 10.1 Å². The van der Waals surface area contributed by atoms with Crippen molar-refractivity contribution in [1.82, 2.24) is 20.2 Å². The fourth-order valence-corrected chi connectivity index (χ4v) is 2.37. The zero-order chi connectivity index (χ0) is 15.5. The molecule has 2 aromatic rings. The van der Waals surface area contributed by atoms with Crippen LogP contribution in [0.2, 0.25) is 0 Å². The van der Waals surface area contributed by atoms with Gasteiger partial charge in [0.25, 0.3) is 0 Å². The molecule has 1 fully saturated rings. The van der Waals surface area contributed by atoms with Gasteiger partial charge in [0.2, 0.25) is 5.95 Å². The lowest BCUT2D eigenvalue weighted by atomic mass is 10.0. The van der Waals surface area contributed by atoms with Gasteiger partial charge in [-0.25, -0.2) is 4.98 Å². The molecule has 1 aliphatic heterocycles. The molecule has 7 heteroatoms. The summed E-state index contributed by atoms with van der Waals surface area (Å²) >= 11 is 0. The van der Waals surface area contributed by atoms with Crippen LogP contribution >= 0.6 is 0 Å². The van der Waals surface area contributed by atoms with E-state index in [0.717, 1.165) is 37.0 Å². The average molecular weight is 299 g/mol. The van der Waals surface area contributed by atoms with Crippen molar-refractivity contribution in [3.63, 3.8) is 0 Å². The highest BCUT2D eigenvalue weighted by Crippen LogP contribution is 2.22. The maximum atomic E-state index is 4.46. The van der Waals surface area contributed by atoms with Gasteiger partial charge in [-0.1, -0.05) is 0 Å². The Morgan fingerprint density at radius 2 is 2.05 bits per heavy atom. The Bertz CT molecular complexity index is 620. The summed E-state index contributed by atoms with van der Waals surface area (Å²) in [6, 6.07) is 5.91. The van der Waals surface area contributed by atoms with Gasteiger partial charge in [0.15, 0.2) is 5.82 Å². The van der Waals surface area contributed by atoms with Gasteiger partial charge in [-0.3, -0.25) is 0 Å². The summed E-state index contributed by atoms with van der Waals surface area (Å²) in [6.07, 6.45) is 1.78. The van der Waals surface area contributed by atoms with Crippen molar-refractivity contribution in [2.75, 3.05) is 48.8 Å². The second kappa shape index (κ2) is 6.13. The van der Waals surface area contributed by atoms with E-state index in [2.05, 4.69) is 30.4 Å². The third kappa shape index (κ3) is 3.24. The van der Waals surface area contributed by atoms with E-state index in [1.54, 1.807) is 6.20 Å². The standard InChI is InChI=1S/C15H21N7/c1-11-4-5-14(20-19-11)22-9-12(10-22)8-17-15-16-7-6-13(18-15)21(2)3/h4-7,12H,8-10H2,1-3H3,(H,16,17,18). The van der Waals surface area contributed by atoms with Crippen LogP contribution < -0.4 is 15.1 Å². The van der Waals surface area contributed by atoms with Crippen molar-refractivity contribution >= 4 is 17.6 Å². The highest BCUT2D eigenvalue weighted by molar-refractivity contribution is 5.42. The fourth-order valence-electron chi connectivity index (χ4n) is 2.37. The van der Waals surface area contributed by atoms with Crippen molar-refractivity contribution in [2.45, 2.75) is 6.92 Å². The zero-order valence-corrected chi connectivity index (χ0v) is 13.2. The van der Waals surface area contributed by atoms with Crippen molar-refractivity contribution in [2.24, 2.45) is 5.92 Å². The molecular formula is C15H21N7. The number of aryl methyl sites for hydroxylation is 1. The lowest BCUT2D eigenvalue weighted by Crippen LogP contribution is -2.50. The molecular weight excluding hydrogens is 278 g/mol. The highest BCUT2D eigenvalue weighted by Gasteiger charge is 2.27. The quantitative estimate of drug-likeness (QED) is 0.889. The predicted molar refractivity (Wildman–Crippen MR) is 87.3 cm³/mol. The molecule has 0 unspecified atom stereocenters. The zero-order valence-electron chi connectivity index (χ0n) is 13.2. The summed E-state index contributed by atoms with van der Waals surface area (Å²) in [5, 5.41) is 11.6. The summed E-state index contributed by atoms with van der Waals surface area (Å²) in [5.41, 5.74) is 0.945. The second-order valence-electron chi connectivity index (χ2n) is 5.82. The number of nitrogens with one attached hydrogen (secondary N) is 1. The topological polar surface area (TPSA) is 70.1 Å². The number of hydrogen-bond acceptors (Lipinski definition) is 7. The SMILES string of the molecule is Cc1ccc(N2CC(CNc3nccc(N(C)C)n3)C2)nn1. The minimum Gasteiger partial charge on any atom is -0.363 e. The van der Waals surface area contributed by atoms with Gasteiger partial charge in [-0.05, 0) is 25.1 Å². The molecule has 1 N–H and O–H groups in total. The van der Waals surface area contributed by atoms with Crippen LogP contribution in [-0.2, 0) is 0 Å². The van der Waals surface area contributed by atoms with Crippen molar-refractivity contribution in [3.8, 4) is 0 Å². The highest BCUT2D eigenvalue weighted by atomic mass is 15.3. The number of hydrogen-bond donors (Lipinski definition) is 1. The van der Waals surface area contributed by atoms with E-state index in [0.29, 0.717) is 11.9 Å². The first kappa shape index (κ1) is 14.5. The van der Waals surface area contributed by atoms with Crippen LogP contribution in [0.3, 0.4) is 0 Å². The Balaban J connectivity index is 1.48. The van der Waals surface area contributed by atoms with E-state index >= 15 is 0 Å². The van der Waals surface area contributed by atoms with Gasteiger partial charge < -0.3 is 15.1 Å². The van der Waals surface area contributed by atoms with Crippen molar-refractivity contribution < 1.29 is 0 Å². The van der Waals surface area contributed by atoms with Gasteiger partial charge >= 0.3 is 0 Å². The molecule has 7 nitrogen and oxygen atoms in total. The minimum absolute atomic E-state index is 0.578. The summed E-state index contributed by atoms with van der Waals surface area (Å²) in [5.74, 6) is 3.12. The molecule has 0 radical (unpaired) electrons. The van der Waals surface area contributed by atoms with Crippen LogP contribution in [0.5, 0.6) is 0 Å². The molecule has 3 heterocycles. The molecule has 1 aliphatic rings. The van der Waals surface area contributed by atoms with Crippen LogP contribution in [0.1, 0.15) is 5.69 Å². The van der Waals surface area contributed by atoms with Crippen LogP contribution in [0.4, 0.5) is 17.6 Å². The number of aromatic nitrogens is 4. The van der Waals surface area contributed by atoms with Crippen LogP contribution in [0.25, 0.3) is 0 Å². The minimum atomic E-state index is 0.578. The van der Waals surface area contributed by atoms with Crippen molar-refractivity contribution in [3.05, 3.63) is 30.1 Å². The fraction of sp³-hybridized carbons (Fsp3) is 0.467. The lowest BCUT2D eigenvalue weighted by molar-refractivity contribution is 0.424. The number of anilines is 3. The summed E-state index contributed by atoms with van der Waals surface area (Å²) in [4.78, 5) is 12.9. The molecule has 3 rings (SSSR count). The molecule has 0 bridgehead atoms. The lowest BCUT2D eigenvalue weighted by Gasteiger charge is -2.39. The molecule has 0 atom stereocenters. The Morgan fingerprint density at radius 1 is 1.23 bits per heavy atom. The molecule has 1 saturated heterocycles. The Labute approximate surface area is 130 Å². The number of nitrogens with zero attached hydrogens (tertiary/aromatic N) is 6. The third-order valence-corrected chi connectivity index (χ3v) is 3.71.